The van der Waals surface area contributed by atoms with Crippen LogP contribution in [0.25, 0.3) is 10.9 Å². The average molecular weight is 443 g/mol. The van der Waals surface area contributed by atoms with Gasteiger partial charge in [0.2, 0.25) is 5.91 Å². The van der Waals surface area contributed by atoms with Crippen LogP contribution in [0.15, 0.2) is 42.5 Å². The number of aromatic nitrogens is 1. The lowest BCUT2D eigenvalue weighted by Gasteiger charge is -2.11. The predicted molar refractivity (Wildman–Crippen MR) is 118 cm³/mol. The number of carboxylic acids is 1. The number of rotatable bonds is 7. The highest BCUT2D eigenvalue weighted by Crippen LogP contribution is 2.31. The minimum Gasteiger partial charge on any atom is -0.508 e. The Balaban J connectivity index is 1.91. The van der Waals surface area contributed by atoms with Gasteiger partial charge in [0.05, 0.1) is 11.9 Å². The van der Waals surface area contributed by atoms with Gasteiger partial charge in [0.25, 0.3) is 5.91 Å². The molecule has 0 aliphatic carbocycles. The molecule has 2 aromatic carbocycles. The monoisotopic (exact) mass is 442 g/mol. The number of phenols is 1. The molecule has 0 spiro atoms. The molecule has 0 radical (unpaired) electrons. The van der Waals surface area contributed by atoms with Crippen LogP contribution in [0.4, 0.5) is 0 Å². The van der Waals surface area contributed by atoms with Gasteiger partial charge >= 0.3 is 5.97 Å². The number of fused-ring (bicyclic) bond motifs is 1. The van der Waals surface area contributed by atoms with Gasteiger partial charge in [-0.05, 0) is 68.3 Å². The molecule has 3 N–H and O–H groups in total. The number of phenolic OH excluding ortho intramolecular Hbond substituents is 1. The van der Waals surface area contributed by atoms with Crippen LogP contribution in [0.3, 0.4) is 0 Å². The maximum Gasteiger partial charge on any atom is 0.305 e. The second-order valence-electron chi connectivity index (χ2n) is 7.48. The summed E-state index contributed by atoms with van der Waals surface area (Å²) in [6.45, 7) is 3.43. The average Bonchev–Trinajstić information content (AvgIpc) is 2.96. The van der Waals surface area contributed by atoms with E-state index >= 15 is 0 Å². The molecule has 8 heteroatoms. The molecule has 3 aromatic rings. The molecular weight excluding hydrogens is 420 g/mol. The molecule has 1 unspecified atom stereocenters. The first-order chi connectivity index (χ1) is 14.7. The van der Waals surface area contributed by atoms with Crippen molar-refractivity contribution in [1.82, 2.24) is 9.88 Å². The van der Waals surface area contributed by atoms with Crippen molar-refractivity contribution in [3.63, 3.8) is 0 Å². The van der Waals surface area contributed by atoms with Crippen LogP contribution in [0, 0.1) is 6.92 Å². The summed E-state index contributed by atoms with van der Waals surface area (Å²) in [5.74, 6) is -1.44. The zero-order valence-corrected chi connectivity index (χ0v) is 17.9. The Kier molecular flexibility index (Phi) is 6.65. The normalized spacial score (nSPS) is 12.0. The maximum atomic E-state index is 13.2. The van der Waals surface area contributed by atoms with Crippen molar-refractivity contribution in [1.29, 1.82) is 0 Å². The first-order valence-electron chi connectivity index (χ1n) is 9.81. The molecule has 0 saturated carbocycles. The number of amides is 1. The molecule has 7 nitrogen and oxygen atoms in total. The first-order valence-corrected chi connectivity index (χ1v) is 10.2. The van der Waals surface area contributed by atoms with E-state index in [0.717, 1.165) is 5.56 Å². The van der Waals surface area contributed by atoms with Gasteiger partial charge in [0.15, 0.2) is 0 Å². The van der Waals surface area contributed by atoms with Crippen LogP contribution < -0.4 is 5.32 Å². The molecule has 31 heavy (non-hydrogen) atoms. The number of nitrogens with zero attached hydrogens (tertiary/aromatic N) is 1. The summed E-state index contributed by atoms with van der Waals surface area (Å²) in [5.41, 5.74) is 2.54. The molecule has 1 aromatic heterocycles. The number of carbonyl (C=O) groups excluding carboxylic acids is 2. The zero-order valence-electron chi connectivity index (χ0n) is 17.2. The Bertz CT molecular complexity index is 1150. The van der Waals surface area contributed by atoms with E-state index in [1.807, 2.05) is 0 Å². The standard InChI is InChI=1S/C23H23ClN2O5/c1-13(11-22(29)30)25-21(28)10-8-18-14(2)26(20-9-7-17(27)12-19(18)20)23(31)15-3-5-16(24)6-4-15/h3-7,9,12-13,27H,8,10-11H2,1-2H3,(H,25,28)(H,29,30). The van der Waals surface area contributed by atoms with Crippen LogP contribution in [0.2, 0.25) is 5.02 Å². The summed E-state index contributed by atoms with van der Waals surface area (Å²) in [6.07, 6.45) is 0.292. The Hall–Kier alpha value is -3.32. The van der Waals surface area contributed by atoms with E-state index in [9.17, 15) is 19.5 Å². The molecule has 1 atom stereocenters. The lowest BCUT2D eigenvalue weighted by molar-refractivity contribution is -0.137. The summed E-state index contributed by atoms with van der Waals surface area (Å²) in [4.78, 5) is 36.3. The largest absolute Gasteiger partial charge is 0.508 e. The van der Waals surface area contributed by atoms with Crippen molar-refractivity contribution in [3.05, 3.63) is 64.3 Å². The first kappa shape index (κ1) is 22.4. The molecule has 0 aliphatic heterocycles. The van der Waals surface area contributed by atoms with Gasteiger partial charge in [-0.15, -0.1) is 0 Å². The van der Waals surface area contributed by atoms with E-state index in [1.54, 1.807) is 54.8 Å². The van der Waals surface area contributed by atoms with E-state index in [0.29, 0.717) is 33.6 Å². The summed E-state index contributed by atoms with van der Waals surface area (Å²) in [7, 11) is 0. The lowest BCUT2D eigenvalue weighted by Crippen LogP contribution is -2.34. The van der Waals surface area contributed by atoms with Crippen LogP contribution in [0.1, 0.15) is 41.4 Å². The summed E-state index contributed by atoms with van der Waals surface area (Å²) < 4.78 is 1.57. The highest BCUT2D eigenvalue weighted by molar-refractivity contribution is 6.30. The van der Waals surface area contributed by atoms with E-state index in [-0.39, 0.29) is 30.4 Å². The fourth-order valence-corrected chi connectivity index (χ4v) is 3.79. The molecule has 0 bridgehead atoms. The van der Waals surface area contributed by atoms with Crippen LogP contribution in [0.5, 0.6) is 5.75 Å². The summed E-state index contributed by atoms with van der Waals surface area (Å²) in [6, 6.07) is 10.9. The Morgan fingerprint density at radius 2 is 1.81 bits per heavy atom. The molecule has 0 saturated heterocycles. The highest BCUT2D eigenvalue weighted by atomic mass is 35.5. The number of aliphatic carboxylic acids is 1. The molecule has 3 rings (SSSR count). The third-order valence-electron chi connectivity index (χ3n) is 5.10. The maximum absolute atomic E-state index is 13.2. The van der Waals surface area contributed by atoms with Crippen molar-refractivity contribution in [2.24, 2.45) is 0 Å². The van der Waals surface area contributed by atoms with Crippen molar-refractivity contribution < 1.29 is 24.6 Å². The molecule has 0 fully saturated rings. The van der Waals surface area contributed by atoms with Crippen molar-refractivity contribution in [3.8, 4) is 5.75 Å². The lowest BCUT2D eigenvalue weighted by atomic mass is 10.0. The number of hydrogen-bond donors (Lipinski definition) is 3. The predicted octanol–water partition coefficient (Wildman–Crippen LogP) is 3.91. The van der Waals surface area contributed by atoms with Gasteiger partial charge in [-0.25, -0.2) is 0 Å². The number of halogens is 1. The fraction of sp³-hybridized carbons (Fsp3) is 0.261. The van der Waals surface area contributed by atoms with Crippen molar-refractivity contribution in [2.45, 2.75) is 39.2 Å². The van der Waals surface area contributed by atoms with Gasteiger partial charge in [-0.1, -0.05) is 11.6 Å². The molecule has 1 heterocycles. The number of aryl methyl sites for hydroxylation is 1. The van der Waals surface area contributed by atoms with Gasteiger partial charge < -0.3 is 15.5 Å². The minimum atomic E-state index is -0.983. The number of benzene rings is 2. The fourth-order valence-electron chi connectivity index (χ4n) is 3.67. The minimum absolute atomic E-state index is 0.0596. The molecule has 162 valence electrons. The zero-order chi connectivity index (χ0) is 22.7. The molecule has 1 amide bonds. The van der Waals surface area contributed by atoms with Crippen LogP contribution >= 0.6 is 11.6 Å². The smallest absolute Gasteiger partial charge is 0.305 e. The third kappa shape index (κ3) is 5.06. The van der Waals surface area contributed by atoms with Crippen molar-refractivity contribution >= 4 is 40.3 Å². The van der Waals surface area contributed by atoms with Gasteiger partial charge in [-0.3, -0.25) is 19.0 Å². The Labute approximate surface area is 184 Å². The van der Waals surface area contributed by atoms with Gasteiger partial charge in [-0.2, -0.15) is 0 Å². The number of nitrogens with one attached hydrogen (secondary N) is 1. The van der Waals surface area contributed by atoms with E-state index in [2.05, 4.69) is 5.32 Å². The number of carboxylic acid groups (broad SMARTS) is 1. The topological polar surface area (TPSA) is 109 Å². The van der Waals surface area contributed by atoms with Gasteiger partial charge in [0.1, 0.15) is 5.75 Å². The van der Waals surface area contributed by atoms with E-state index < -0.39 is 12.0 Å². The highest BCUT2D eigenvalue weighted by Gasteiger charge is 2.21. The number of carbonyl (C=O) groups is 3. The van der Waals surface area contributed by atoms with E-state index in [1.165, 1.54) is 6.07 Å². The van der Waals surface area contributed by atoms with Gasteiger partial charge in [0, 0.05) is 34.1 Å². The Morgan fingerprint density at radius 3 is 2.45 bits per heavy atom. The summed E-state index contributed by atoms with van der Waals surface area (Å²) >= 11 is 5.93. The van der Waals surface area contributed by atoms with Crippen LogP contribution in [-0.2, 0) is 16.0 Å². The molecular formula is C23H23ClN2O5. The van der Waals surface area contributed by atoms with E-state index in [4.69, 9.17) is 16.7 Å². The van der Waals surface area contributed by atoms with Crippen molar-refractivity contribution in [2.75, 3.05) is 0 Å². The second-order valence-corrected chi connectivity index (χ2v) is 7.92. The third-order valence-corrected chi connectivity index (χ3v) is 5.35. The second kappa shape index (κ2) is 9.22. The number of hydrogen-bond acceptors (Lipinski definition) is 4. The number of aromatic hydroxyl groups is 1. The molecule has 0 aliphatic rings. The SMILES string of the molecule is Cc1c(CCC(=O)NC(C)CC(=O)O)c2cc(O)ccc2n1C(=O)c1ccc(Cl)cc1. The Morgan fingerprint density at radius 1 is 1.13 bits per heavy atom. The summed E-state index contributed by atoms with van der Waals surface area (Å²) in [5, 5.41) is 22.7. The quantitative estimate of drug-likeness (QED) is 0.514. The van der Waals surface area contributed by atoms with Crippen LogP contribution in [-0.4, -0.2) is 38.6 Å².